The average Bonchev–Trinajstić information content (AvgIpc) is 2.56. The highest BCUT2D eigenvalue weighted by Crippen LogP contribution is 2.31. The van der Waals surface area contributed by atoms with E-state index in [1.807, 2.05) is 27.1 Å². The number of nitrogens with one attached hydrogen (secondary N) is 2. The molecule has 0 radical (unpaired) electrons. The number of allylic oxidation sites excluding steroid dienone is 1. The zero-order valence-electron chi connectivity index (χ0n) is 14.4. The van der Waals surface area contributed by atoms with Gasteiger partial charge in [-0.1, -0.05) is 18.2 Å². The summed E-state index contributed by atoms with van der Waals surface area (Å²) in [6, 6.07) is 14.7. The number of hydrogen-bond acceptors (Lipinski definition) is 5. The van der Waals surface area contributed by atoms with Crippen LogP contribution in [-0.2, 0) is 13.1 Å². The van der Waals surface area contributed by atoms with Crippen molar-refractivity contribution in [3.05, 3.63) is 65.2 Å². The molecule has 5 heteroatoms. The number of anilines is 2. The van der Waals surface area contributed by atoms with Gasteiger partial charge in [-0.15, -0.1) is 0 Å². The first kappa shape index (κ1) is 16.2. The summed E-state index contributed by atoms with van der Waals surface area (Å²) in [7, 11) is 4.09. The van der Waals surface area contributed by atoms with E-state index in [4.69, 9.17) is 10.5 Å². The Labute approximate surface area is 143 Å². The molecule has 126 valence electrons. The normalized spacial score (nSPS) is 13.1. The number of benzene rings is 2. The van der Waals surface area contributed by atoms with Crippen LogP contribution in [0.5, 0.6) is 5.75 Å². The molecule has 0 saturated heterocycles. The molecule has 1 aliphatic heterocycles. The summed E-state index contributed by atoms with van der Waals surface area (Å²) in [5, 5.41) is 6.64. The summed E-state index contributed by atoms with van der Waals surface area (Å²) >= 11 is 0. The molecule has 1 aliphatic rings. The van der Waals surface area contributed by atoms with E-state index in [1.54, 1.807) is 0 Å². The number of nitrogens with zero attached hydrogens (tertiary/aromatic N) is 1. The van der Waals surface area contributed by atoms with Gasteiger partial charge < -0.3 is 26.0 Å². The van der Waals surface area contributed by atoms with Crippen LogP contribution in [-0.4, -0.2) is 14.1 Å². The van der Waals surface area contributed by atoms with Crippen molar-refractivity contribution in [3.8, 4) is 5.75 Å². The van der Waals surface area contributed by atoms with E-state index < -0.39 is 0 Å². The second kappa shape index (κ2) is 6.84. The minimum absolute atomic E-state index is 0.564. The van der Waals surface area contributed by atoms with Gasteiger partial charge in [0.05, 0.1) is 5.69 Å². The van der Waals surface area contributed by atoms with Crippen LogP contribution in [0.25, 0.3) is 0 Å². The van der Waals surface area contributed by atoms with Crippen molar-refractivity contribution in [2.45, 2.75) is 20.0 Å². The molecule has 5 nitrogen and oxygen atoms in total. The molecule has 0 saturated carbocycles. The topological polar surface area (TPSA) is 62.5 Å². The second-order valence-corrected chi connectivity index (χ2v) is 6.19. The van der Waals surface area contributed by atoms with Gasteiger partial charge in [0.1, 0.15) is 11.6 Å². The summed E-state index contributed by atoms with van der Waals surface area (Å²) in [6.07, 6.45) is 0. The van der Waals surface area contributed by atoms with Crippen molar-refractivity contribution >= 4 is 11.4 Å². The van der Waals surface area contributed by atoms with Crippen molar-refractivity contribution in [3.63, 3.8) is 0 Å². The molecule has 1 heterocycles. The Bertz CT molecular complexity index is 750. The minimum Gasteiger partial charge on any atom is -0.456 e. The Morgan fingerprint density at radius 3 is 2.42 bits per heavy atom. The fourth-order valence-electron chi connectivity index (χ4n) is 2.59. The molecule has 0 spiro atoms. The highest BCUT2D eigenvalue weighted by molar-refractivity contribution is 5.63. The third-order valence-corrected chi connectivity index (χ3v) is 4.07. The smallest absolute Gasteiger partial charge is 0.150 e. The molecule has 24 heavy (non-hydrogen) atoms. The first-order chi connectivity index (χ1) is 11.5. The molecule has 0 atom stereocenters. The lowest BCUT2D eigenvalue weighted by atomic mass is 10.1. The minimum atomic E-state index is 0.564. The van der Waals surface area contributed by atoms with Gasteiger partial charge in [-0.3, -0.25) is 0 Å². The molecule has 4 N–H and O–H groups in total. The van der Waals surface area contributed by atoms with Crippen molar-refractivity contribution in [2.75, 3.05) is 24.3 Å². The zero-order chi connectivity index (χ0) is 17.1. The van der Waals surface area contributed by atoms with E-state index in [0.29, 0.717) is 11.6 Å². The molecule has 0 aliphatic carbocycles. The van der Waals surface area contributed by atoms with Crippen LogP contribution < -0.4 is 26.0 Å². The first-order valence-electron chi connectivity index (χ1n) is 8.04. The predicted octanol–water partition coefficient (Wildman–Crippen LogP) is 2.99. The van der Waals surface area contributed by atoms with E-state index in [-0.39, 0.29) is 0 Å². The molecular formula is C19H24N4O. The number of nitrogens with two attached hydrogens (primary N) is 1. The number of hydrogen-bond donors (Lipinski definition) is 3. The zero-order valence-corrected chi connectivity index (χ0v) is 14.4. The SMILES string of the molecule is CC1=C(N)Nc2cc(CNCc3ccc(N(C)C)cc3)ccc2O1. The Kier molecular flexibility index (Phi) is 4.62. The molecule has 0 aromatic heterocycles. The van der Waals surface area contributed by atoms with Crippen LogP contribution in [0.4, 0.5) is 11.4 Å². The fourth-order valence-corrected chi connectivity index (χ4v) is 2.59. The van der Waals surface area contributed by atoms with Crippen molar-refractivity contribution in [1.82, 2.24) is 5.32 Å². The molecular weight excluding hydrogens is 300 g/mol. The van der Waals surface area contributed by atoms with Gasteiger partial charge in [0, 0.05) is 32.9 Å². The Morgan fingerprint density at radius 1 is 1.04 bits per heavy atom. The van der Waals surface area contributed by atoms with Crippen molar-refractivity contribution < 1.29 is 4.74 Å². The largest absolute Gasteiger partial charge is 0.456 e. The van der Waals surface area contributed by atoms with Gasteiger partial charge in [-0.05, 0) is 42.3 Å². The summed E-state index contributed by atoms with van der Waals surface area (Å²) in [5.41, 5.74) is 10.4. The van der Waals surface area contributed by atoms with Gasteiger partial charge in [0.15, 0.2) is 5.75 Å². The van der Waals surface area contributed by atoms with E-state index in [2.05, 4.69) is 51.9 Å². The van der Waals surface area contributed by atoms with Crippen LogP contribution in [0.3, 0.4) is 0 Å². The maximum absolute atomic E-state index is 5.88. The van der Waals surface area contributed by atoms with Crippen LogP contribution in [0.15, 0.2) is 54.0 Å². The summed E-state index contributed by atoms with van der Waals surface area (Å²) in [6.45, 7) is 3.46. The van der Waals surface area contributed by atoms with Crippen LogP contribution >= 0.6 is 0 Å². The average molecular weight is 324 g/mol. The second-order valence-electron chi connectivity index (χ2n) is 6.19. The lowest BCUT2D eigenvalue weighted by molar-refractivity contribution is 0.415. The van der Waals surface area contributed by atoms with E-state index in [0.717, 1.165) is 24.5 Å². The monoisotopic (exact) mass is 324 g/mol. The quantitative estimate of drug-likeness (QED) is 0.789. The van der Waals surface area contributed by atoms with Crippen LogP contribution in [0.1, 0.15) is 18.1 Å². The lowest BCUT2D eigenvalue weighted by Gasteiger charge is -2.21. The predicted molar refractivity (Wildman–Crippen MR) is 98.9 cm³/mol. The van der Waals surface area contributed by atoms with E-state index in [9.17, 15) is 0 Å². The number of ether oxygens (including phenoxy) is 1. The molecule has 0 amide bonds. The Hall–Kier alpha value is -2.66. The number of rotatable bonds is 5. The lowest BCUT2D eigenvalue weighted by Crippen LogP contribution is -2.19. The molecule has 2 aromatic rings. The summed E-state index contributed by atoms with van der Waals surface area (Å²) in [5.74, 6) is 2.08. The van der Waals surface area contributed by atoms with Gasteiger partial charge in [-0.2, -0.15) is 0 Å². The Morgan fingerprint density at radius 2 is 1.71 bits per heavy atom. The van der Waals surface area contributed by atoms with Gasteiger partial charge in [0.25, 0.3) is 0 Å². The fraction of sp³-hybridized carbons (Fsp3) is 0.263. The third-order valence-electron chi connectivity index (χ3n) is 4.07. The van der Waals surface area contributed by atoms with Gasteiger partial charge >= 0.3 is 0 Å². The first-order valence-corrected chi connectivity index (χ1v) is 8.04. The van der Waals surface area contributed by atoms with E-state index in [1.165, 1.54) is 16.8 Å². The summed E-state index contributed by atoms with van der Waals surface area (Å²) in [4.78, 5) is 2.10. The molecule has 0 unspecified atom stereocenters. The third kappa shape index (κ3) is 3.63. The van der Waals surface area contributed by atoms with Crippen LogP contribution in [0.2, 0.25) is 0 Å². The number of fused-ring (bicyclic) bond motifs is 1. The van der Waals surface area contributed by atoms with E-state index >= 15 is 0 Å². The van der Waals surface area contributed by atoms with Crippen molar-refractivity contribution in [1.29, 1.82) is 0 Å². The van der Waals surface area contributed by atoms with Gasteiger partial charge in [0.2, 0.25) is 0 Å². The Balaban J connectivity index is 1.57. The van der Waals surface area contributed by atoms with Crippen molar-refractivity contribution in [2.24, 2.45) is 5.73 Å². The van der Waals surface area contributed by atoms with Crippen LogP contribution in [0, 0.1) is 0 Å². The standard InChI is InChI=1S/C19H24N4O/c1-13-19(20)22-17-10-15(6-9-18(17)24-13)12-21-11-14-4-7-16(8-5-14)23(2)3/h4-10,21-22H,11-12,20H2,1-3H3. The summed E-state index contributed by atoms with van der Waals surface area (Å²) < 4.78 is 5.67. The molecule has 0 bridgehead atoms. The molecule has 2 aromatic carbocycles. The highest BCUT2D eigenvalue weighted by atomic mass is 16.5. The highest BCUT2D eigenvalue weighted by Gasteiger charge is 2.14. The maximum Gasteiger partial charge on any atom is 0.150 e. The van der Waals surface area contributed by atoms with Gasteiger partial charge in [-0.25, -0.2) is 0 Å². The molecule has 3 rings (SSSR count). The maximum atomic E-state index is 5.88. The molecule has 0 fully saturated rings.